The molecule has 88 valence electrons. The summed E-state index contributed by atoms with van der Waals surface area (Å²) in [5.41, 5.74) is 0. The van der Waals surface area contributed by atoms with Gasteiger partial charge in [0.05, 0.1) is 6.61 Å². The van der Waals surface area contributed by atoms with Crippen molar-refractivity contribution in [2.75, 3.05) is 26.2 Å². The van der Waals surface area contributed by atoms with E-state index in [1.165, 1.54) is 45.1 Å². The molecule has 1 aliphatic heterocycles. The number of piperidine rings is 1. The van der Waals surface area contributed by atoms with Gasteiger partial charge in [-0.3, -0.25) is 4.90 Å². The number of nitrogens with zero attached hydrogens (tertiary/aromatic N) is 1. The van der Waals surface area contributed by atoms with Gasteiger partial charge in [0.25, 0.3) is 0 Å². The van der Waals surface area contributed by atoms with E-state index in [0.29, 0.717) is 12.6 Å². The van der Waals surface area contributed by atoms with Crippen molar-refractivity contribution in [3.63, 3.8) is 0 Å². The van der Waals surface area contributed by atoms with E-state index in [2.05, 4.69) is 10.2 Å². The van der Waals surface area contributed by atoms with E-state index in [1.807, 2.05) is 0 Å². The molecule has 2 aliphatic rings. The van der Waals surface area contributed by atoms with Crippen molar-refractivity contribution >= 4 is 0 Å². The Labute approximate surface area is 92.8 Å². The molecule has 1 saturated carbocycles. The van der Waals surface area contributed by atoms with Crippen LogP contribution in [0.1, 0.15) is 38.5 Å². The fraction of sp³-hybridized carbons (Fsp3) is 1.00. The summed E-state index contributed by atoms with van der Waals surface area (Å²) in [5.74, 6) is 0. The zero-order valence-corrected chi connectivity index (χ0v) is 9.62. The SMILES string of the molecule is OCC1CCCCN1CCCNC1CC1. The van der Waals surface area contributed by atoms with E-state index in [9.17, 15) is 5.11 Å². The lowest BCUT2D eigenvalue weighted by atomic mass is 10.0. The van der Waals surface area contributed by atoms with Crippen LogP contribution in [0.2, 0.25) is 0 Å². The van der Waals surface area contributed by atoms with Gasteiger partial charge in [0.1, 0.15) is 0 Å². The van der Waals surface area contributed by atoms with Gasteiger partial charge in [-0.1, -0.05) is 6.42 Å². The van der Waals surface area contributed by atoms with Crippen LogP contribution in [0.15, 0.2) is 0 Å². The maximum absolute atomic E-state index is 9.26. The Morgan fingerprint density at radius 2 is 2.07 bits per heavy atom. The van der Waals surface area contributed by atoms with Crippen LogP contribution in [0.4, 0.5) is 0 Å². The second-order valence-corrected chi connectivity index (χ2v) is 4.95. The van der Waals surface area contributed by atoms with Gasteiger partial charge in [-0.05, 0) is 51.7 Å². The van der Waals surface area contributed by atoms with Crippen molar-refractivity contribution in [3.05, 3.63) is 0 Å². The smallest absolute Gasteiger partial charge is 0.0586 e. The summed E-state index contributed by atoms with van der Waals surface area (Å²) in [6.45, 7) is 3.84. The molecule has 1 aliphatic carbocycles. The highest BCUT2D eigenvalue weighted by atomic mass is 16.3. The van der Waals surface area contributed by atoms with E-state index < -0.39 is 0 Å². The molecule has 0 radical (unpaired) electrons. The van der Waals surface area contributed by atoms with Gasteiger partial charge >= 0.3 is 0 Å². The molecule has 3 heteroatoms. The Balaban J connectivity index is 1.58. The Bertz CT molecular complexity index is 182. The molecule has 1 unspecified atom stereocenters. The number of aliphatic hydroxyl groups excluding tert-OH is 1. The highest BCUT2D eigenvalue weighted by Crippen LogP contribution is 2.19. The van der Waals surface area contributed by atoms with Crippen molar-refractivity contribution in [3.8, 4) is 0 Å². The number of rotatable bonds is 6. The topological polar surface area (TPSA) is 35.5 Å². The van der Waals surface area contributed by atoms with Gasteiger partial charge in [-0.15, -0.1) is 0 Å². The third-order valence-electron chi connectivity index (χ3n) is 3.59. The number of nitrogens with one attached hydrogen (secondary N) is 1. The van der Waals surface area contributed by atoms with Crippen molar-refractivity contribution in [1.29, 1.82) is 0 Å². The molecule has 0 bridgehead atoms. The van der Waals surface area contributed by atoms with Gasteiger partial charge in [0.15, 0.2) is 0 Å². The maximum atomic E-state index is 9.26. The van der Waals surface area contributed by atoms with E-state index >= 15 is 0 Å². The number of likely N-dealkylation sites (tertiary alicyclic amines) is 1. The van der Waals surface area contributed by atoms with Gasteiger partial charge < -0.3 is 10.4 Å². The van der Waals surface area contributed by atoms with Crippen molar-refractivity contribution in [2.24, 2.45) is 0 Å². The third-order valence-corrected chi connectivity index (χ3v) is 3.59. The average molecular weight is 212 g/mol. The molecule has 1 heterocycles. The standard InChI is InChI=1S/C12H24N2O/c15-10-12-4-1-2-8-14(12)9-3-7-13-11-5-6-11/h11-13,15H,1-10H2. The van der Waals surface area contributed by atoms with E-state index in [-0.39, 0.29) is 0 Å². The van der Waals surface area contributed by atoms with Crippen LogP contribution in [-0.4, -0.2) is 48.3 Å². The van der Waals surface area contributed by atoms with Crippen molar-refractivity contribution in [2.45, 2.75) is 50.6 Å². The van der Waals surface area contributed by atoms with Crippen LogP contribution in [0.5, 0.6) is 0 Å². The molecule has 0 aromatic carbocycles. The van der Waals surface area contributed by atoms with Crippen LogP contribution in [0.25, 0.3) is 0 Å². The highest BCUT2D eigenvalue weighted by Gasteiger charge is 2.22. The van der Waals surface area contributed by atoms with E-state index in [4.69, 9.17) is 0 Å². The van der Waals surface area contributed by atoms with Gasteiger partial charge in [-0.25, -0.2) is 0 Å². The minimum atomic E-state index is 0.343. The van der Waals surface area contributed by atoms with Crippen molar-refractivity contribution < 1.29 is 5.11 Å². The lowest BCUT2D eigenvalue weighted by molar-refractivity contribution is 0.0892. The predicted molar refractivity (Wildman–Crippen MR) is 61.9 cm³/mol. The zero-order valence-electron chi connectivity index (χ0n) is 9.62. The molecule has 0 aromatic heterocycles. The fourth-order valence-electron chi connectivity index (χ4n) is 2.44. The summed E-state index contributed by atoms with van der Waals surface area (Å²) in [6.07, 6.45) is 7.78. The van der Waals surface area contributed by atoms with Crippen molar-refractivity contribution in [1.82, 2.24) is 10.2 Å². The van der Waals surface area contributed by atoms with E-state index in [0.717, 1.165) is 19.1 Å². The molecule has 3 nitrogen and oxygen atoms in total. The molecule has 2 rings (SSSR count). The minimum absolute atomic E-state index is 0.343. The van der Waals surface area contributed by atoms with Gasteiger partial charge in [0, 0.05) is 12.1 Å². The summed E-state index contributed by atoms with van der Waals surface area (Å²) in [5, 5.41) is 12.8. The Morgan fingerprint density at radius 3 is 2.80 bits per heavy atom. The second kappa shape index (κ2) is 5.83. The fourth-order valence-corrected chi connectivity index (χ4v) is 2.44. The van der Waals surface area contributed by atoms with Crippen LogP contribution >= 0.6 is 0 Å². The van der Waals surface area contributed by atoms with E-state index in [1.54, 1.807) is 0 Å². The third kappa shape index (κ3) is 3.74. The molecule has 1 atom stereocenters. The lowest BCUT2D eigenvalue weighted by Gasteiger charge is -2.34. The molecule has 2 N–H and O–H groups in total. The highest BCUT2D eigenvalue weighted by molar-refractivity contribution is 4.81. The molecule has 1 saturated heterocycles. The number of hydrogen-bond donors (Lipinski definition) is 2. The Kier molecular flexibility index (Phi) is 4.42. The summed E-state index contributed by atoms with van der Waals surface area (Å²) in [4.78, 5) is 2.47. The minimum Gasteiger partial charge on any atom is -0.395 e. The Hall–Kier alpha value is -0.120. The first-order valence-electron chi connectivity index (χ1n) is 6.48. The van der Waals surface area contributed by atoms with Crippen LogP contribution in [0.3, 0.4) is 0 Å². The number of hydrogen-bond acceptors (Lipinski definition) is 3. The summed E-state index contributed by atoms with van der Waals surface area (Å²) >= 11 is 0. The quantitative estimate of drug-likeness (QED) is 0.644. The lowest BCUT2D eigenvalue weighted by Crippen LogP contribution is -2.42. The van der Waals surface area contributed by atoms with Gasteiger partial charge in [-0.2, -0.15) is 0 Å². The summed E-state index contributed by atoms with van der Waals surface area (Å²) < 4.78 is 0. The summed E-state index contributed by atoms with van der Waals surface area (Å²) in [6, 6.07) is 1.28. The second-order valence-electron chi connectivity index (χ2n) is 4.95. The first-order valence-corrected chi connectivity index (χ1v) is 6.48. The molecular weight excluding hydrogens is 188 g/mol. The molecule has 0 aromatic rings. The normalized spacial score (nSPS) is 28.2. The zero-order chi connectivity index (χ0) is 10.5. The van der Waals surface area contributed by atoms with Crippen LogP contribution < -0.4 is 5.32 Å². The maximum Gasteiger partial charge on any atom is 0.0586 e. The molecule has 0 spiro atoms. The molecule has 2 fully saturated rings. The predicted octanol–water partition coefficient (Wildman–Crippen LogP) is 0.975. The molecule has 0 amide bonds. The van der Waals surface area contributed by atoms with Crippen LogP contribution in [0, 0.1) is 0 Å². The summed E-state index contributed by atoms with van der Waals surface area (Å²) in [7, 11) is 0. The monoisotopic (exact) mass is 212 g/mol. The first-order chi connectivity index (χ1) is 7.40. The van der Waals surface area contributed by atoms with Crippen LogP contribution in [-0.2, 0) is 0 Å². The molecule has 15 heavy (non-hydrogen) atoms. The number of aliphatic hydroxyl groups is 1. The molecular formula is C12H24N2O. The average Bonchev–Trinajstić information content (AvgIpc) is 3.09. The largest absolute Gasteiger partial charge is 0.395 e. The Morgan fingerprint density at radius 1 is 1.20 bits per heavy atom. The van der Waals surface area contributed by atoms with Gasteiger partial charge in [0.2, 0.25) is 0 Å². The first kappa shape index (κ1) is 11.4.